The minimum absolute atomic E-state index is 0.586. The molecule has 0 aromatic rings. The summed E-state index contributed by atoms with van der Waals surface area (Å²) in [7, 11) is 0. The minimum atomic E-state index is -0.586. The van der Waals surface area contributed by atoms with E-state index in [1.165, 1.54) is 0 Å². The number of nitrogens with zero attached hydrogens (tertiary/aromatic N) is 1. The highest BCUT2D eigenvalue weighted by Gasteiger charge is 2.20. The molecule has 76 valence electrons. The molecule has 0 saturated carbocycles. The highest BCUT2D eigenvalue weighted by Crippen LogP contribution is 2.17. The van der Waals surface area contributed by atoms with Gasteiger partial charge < -0.3 is 5.73 Å². The van der Waals surface area contributed by atoms with Crippen LogP contribution in [0.3, 0.4) is 0 Å². The fraction of sp³-hybridized carbons (Fsp3) is 0.900. The molecule has 0 amide bonds. The van der Waals surface area contributed by atoms with Crippen molar-refractivity contribution >= 4 is 11.8 Å². The predicted octanol–water partition coefficient (Wildman–Crippen LogP) is 2.54. The average molecular weight is 200 g/mol. The summed E-state index contributed by atoms with van der Waals surface area (Å²) in [6.45, 7) is 6.34. The molecule has 0 bridgehead atoms. The summed E-state index contributed by atoms with van der Waals surface area (Å²) in [5.74, 6) is 1.11. The Morgan fingerprint density at radius 1 is 1.54 bits per heavy atom. The van der Waals surface area contributed by atoms with Crippen LogP contribution in [0.15, 0.2) is 0 Å². The highest BCUT2D eigenvalue weighted by atomic mass is 32.2. The van der Waals surface area contributed by atoms with E-state index >= 15 is 0 Å². The van der Waals surface area contributed by atoms with E-state index in [4.69, 9.17) is 11.0 Å². The van der Waals surface area contributed by atoms with E-state index in [1.807, 2.05) is 18.7 Å². The maximum Gasteiger partial charge on any atom is 0.104 e. The summed E-state index contributed by atoms with van der Waals surface area (Å²) in [4.78, 5) is 0. The second-order valence-corrected chi connectivity index (χ2v) is 5.33. The third kappa shape index (κ3) is 5.95. The van der Waals surface area contributed by atoms with E-state index < -0.39 is 5.54 Å². The molecule has 0 aromatic heterocycles. The van der Waals surface area contributed by atoms with Crippen molar-refractivity contribution in [3.63, 3.8) is 0 Å². The predicted molar refractivity (Wildman–Crippen MR) is 59.7 cm³/mol. The van der Waals surface area contributed by atoms with E-state index in [0.717, 1.165) is 25.0 Å². The van der Waals surface area contributed by atoms with Gasteiger partial charge in [-0.25, -0.2) is 0 Å². The van der Waals surface area contributed by atoms with Crippen LogP contribution in [0.2, 0.25) is 0 Å². The van der Waals surface area contributed by atoms with Gasteiger partial charge in [0.05, 0.1) is 6.07 Å². The number of hydrogen-bond donors (Lipinski definition) is 1. The number of nitrogens with two attached hydrogens (primary N) is 1. The van der Waals surface area contributed by atoms with E-state index in [2.05, 4.69) is 19.9 Å². The highest BCUT2D eigenvalue weighted by molar-refractivity contribution is 7.99. The molecular weight excluding hydrogens is 180 g/mol. The summed E-state index contributed by atoms with van der Waals surface area (Å²) in [5.41, 5.74) is 5.26. The maximum atomic E-state index is 8.81. The number of hydrogen-bond acceptors (Lipinski definition) is 3. The van der Waals surface area contributed by atoms with Crippen LogP contribution < -0.4 is 5.73 Å². The molecule has 2 N–H and O–H groups in total. The van der Waals surface area contributed by atoms with Gasteiger partial charge in [0.25, 0.3) is 0 Å². The summed E-state index contributed by atoms with van der Waals surface area (Å²) < 4.78 is 0. The molecule has 13 heavy (non-hydrogen) atoms. The maximum absolute atomic E-state index is 8.81. The Kier molecular flexibility index (Phi) is 6.19. The first-order chi connectivity index (χ1) is 6.04. The summed E-state index contributed by atoms with van der Waals surface area (Å²) in [6.07, 6.45) is 2.61. The van der Waals surface area contributed by atoms with Crippen LogP contribution in [0.25, 0.3) is 0 Å². The smallest absolute Gasteiger partial charge is 0.104 e. The van der Waals surface area contributed by atoms with Gasteiger partial charge in [-0.2, -0.15) is 17.0 Å². The van der Waals surface area contributed by atoms with Crippen LogP contribution in [0.1, 0.15) is 40.0 Å². The number of nitriles is 1. The van der Waals surface area contributed by atoms with Crippen molar-refractivity contribution in [2.24, 2.45) is 5.73 Å². The van der Waals surface area contributed by atoms with Gasteiger partial charge in [0.15, 0.2) is 0 Å². The third-order valence-electron chi connectivity index (χ3n) is 2.07. The van der Waals surface area contributed by atoms with Crippen LogP contribution in [0.4, 0.5) is 0 Å². The molecule has 1 unspecified atom stereocenters. The molecule has 0 heterocycles. The van der Waals surface area contributed by atoms with Crippen molar-refractivity contribution in [3.8, 4) is 6.07 Å². The van der Waals surface area contributed by atoms with Crippen molar-refractivity contribution in [2.75, 3.05) is 5.75 Å². The molecule has 0 aromatic carbocycles. The zero-order valence-corrected chi connectivity index (χ0v) is 9.66. The van der Waals surface area contributed by atoms with Crippen molar-refractivity contribution in [1.29, 1.82) is 5.26 Å². The largest absolute Gasteiger partial charge is 0.313 e. The van der Waals surface area contributed by atoms with Crippen LogP contribution in [-0.4, -0.2) is 16.5 Å². The van der Waals surface area contributed by atoms with Crippen LogP contribution in [0, 0.1) is 11.3 Å². The standard InChI is InChI=1S/C10H20N2S/c1-4-10(12,8-11)6-5-7-13-9(2)3/h9H,4-7,12H2,1-3H3. The lowest BCUT2D eigenvalue weighted by atomic mass is 9.94. The quantitative estimate of drug-likeness (QED) is 0.670. The first-order valence-electron chi connectivity index (χ1n) is 4.86. The van der Waals surface area contributed by atoms with Gasteiger partial charge in [-0.05, 0) is 30.3 Å². The molecular formula is C10H20N2S. The normalized spacial score (nSPS) is 15.4. The van der Waals surface area contributed by atoms with Gasteiger partial charge in [-0.3, -0.25) is 0 Å². The van der Waals surface area contributed by atoms with Gasteiger partial charge in [-0.15, -0.1) is 0 Å². The Hall–Kier alpha value is -0.200. The summed E-state index contributed by atoms with van der Waals surface area (Å²) in [5, 5.41) is 9.49. The van der Waals surface area contributed by atoms with Crippen molar-refractivity contribution in [2.45, 2.75) is 50.8 Å². The summed E-state index contributed by atoms with van der Waals surface area (Å²) in [6, 6.07) is 2.18. The minimum Gasteiger partial charge on any atom is -0.313 e. The van der Waals surface area contributed by atoms with Gasteiger partial charge in [0, 0.05) is 0 Å². The van der Waals surface area contributed by atoms with Gasteiger partial charge >= 0.3 is 0 Å². The molecule has 0 aliphatic carbocycles. The fourth-order valence-corrected chi connectivity index (χ4v) is 1.80. The zero-order valence-electron chi connectivity index (χ0n) is 8.84. The average Bonchev–Trinajstić information content (AvgIpc) is 2.12. The van der Waals surface area contributed by atoms with Gasteiger partial charge in [-0.1, -0.05) is 20.8 Å². The molecule has 0 spiro atoms. The molecule has 0 rings (SSSR count). The van der Waals surface area contributed by atoms with E-state index in [-0.39, 0.29) is 0 Å². The van der Waals surface area contributed by atoms with Crippen molar-refractivity contribution < 1.29 is 0 Å². The Labute approximate surface area is 85.9 Å². The Balaban J connectivity index is 3.58. The van der Waals surface area contributed by atoms with E-state index in [0.29, 0.717) is 5.25 Å². The molecule has 3 heteroatoms. The fourth-order valence-electron chi connectivity index (χ4n) is 1.02. The Morgan fingerprint density at radius 3 is 2.54 bits per heavy atom. The first-order valence-corrected chi connectivity index (χ1v) is 5.90. The second-order valence-electron chi connectivity index (χ2n) is 3.64. The van der Waals surface area contributed by atoms with Crippen molar-refractivity contribution in [1.82, 2.24) is 0 Å². The summed E-state index contributed by atoms with van der Waals surface area (Å²) >= 11 is 1.93. The first kappa shape index (κ1) is 12.8. The van der Waals surface area contributed by atoms with Gasteiger partial charge in [0.2, 0.25) is 0 Å². The topological polar surface area (TPSA) is 49.8 Å². The van der Waals surface area contributed by atoms with Gasteiger partial charge in [0.1, 0.15) is 5.54 Å². The Morgan fingerprint density at radius 2 is 2.15 bits per heavy atom. The number of rotatable bonds is 6. The lowest BCUT2D eigenvalue weighted by Gasteiger charge is -2.18. The second kappa shape index (κ2) is 6.28. The van der Waals surface area contributed by atoms with Crippen LogP contribution in [0.5, 0.6) is 0 Å². The molecule has 0 aliphatic heterocycles. The lowest BCUT2D eigenvalue weighted by molar-refractivity contribution is 0.478. The van der Waals surface area contributed by atoms with Crippen LogP contribution >= 0.6 is 11.8 Å². The van der Waals surface area contributed by atoms with E-state index in [1.54, 1.807) is 0 Å². The monoisotopic (exact) mass is 200 g/mol. The Bertz CT molecular complexity index is 174. The molecule has 1 atom stereocenters. The number of thioether (sulfide) groups is 1. The SMILES string of the molecule is CCC(N)(C#N)CCCSC(C)C. The van der Waals surface area contributed by atoms with Crippen molar-refractivity contribution in [3.05, 3.63) is 0 Å². The van der Waals surface area contributed by atoms with Crippen LogP contribution in [-0.2, 0) is 0 Å². The molecule has 0 aliphatic rings. The zero-order chi connectivity index (χ0) is 10.3. The molecule has 0 radical (unpaired) electrons. The molecule has 0 fully saturated rings. The third-order valence-corrected chi connectivity index (χ3v) is 3.26. The van der Waals surface area contributed by atoms with E-state index in [9.17, 15) is 0 Å². The molecule has 2 nitrogen and oxygen atoms in total. The molecule has 0 saturated heterocycles. The lowest BCUT2D eigenvalue weighted by Crippen LogP contribution is -2.37.